The van der Waals surface area contributed by atoms with E-state index >= 15 is 0 Å². The van der Waals surface area contributed by atoms with Crippen LogP contribution in [0.4, 0.5) is 32.3 Å². The van der Waals surface area contributed by atoms with Crippen molar-refractivity contribution in [2.75, 3.05) is 48.5 Å². The lowest BCUT2D eigenvalue weighted by Crippen LogP contribution is -2.42. The second-order valence-electron chi connectivity index (χ2n) is 19.4. The molecule has 0 saturated carbocycles. The second-order valence-corrected chi connectivity index (χ2v) is 22.5. The number of nitro groups is 2. The molecule has 29 nitrogen and oxygen atoms in total. The van der Waals surface area contributed by atoms with Crippen LogP contribution >= 0.6 is 0 Å². The Labute approximate surface area is 469 Å². The quantitative estimate of drug-likeness (QED) is 0.0232. The fourth-order valence-corrected chi connectivity index (χ4v) is 10.2. The Kier molecular flexibility index (Phi) is 16.2. The summed E-state index contributed by atoms with van der Waals surface area (Å²) in [5.41, 5.74) is -3.60. The van der Waals surface area contributed by atoms with Crippen molar-refractivity contribution < 1.29 is 93.2 Å². The summed E-state index contributed by atoms with van der Waals surface area (Å²) in [4.78, 5) is 136. The molecule has 6 amide bonds. The van der Waals surface area contributed by atoms with Crippen molar-refractivity contribution in [3.8, 4) is 0 Å². The van der Waals surface area contributed by atoms with Gasteiger partial charge in [0, 0.05) is 96.8 Å². The molecule has 0 atom stereocenters. The van der Waals surface area contributed by atoms with E-state index in [1.807, 2.05) is 0 Å². The van der Waals surface area contributed by atoms with Crippen molar-refractivity contribution in [3.63, 3.8) is 0 Å². The minimum absolute atomic E-state index is 0.0245. The maximum absolute atomic E-state index is 14.1. The van der Waals surface area contributed by atoms with Crippen molar-refractivity contribution in [2.45, 2.75) is 50.9 Å². The molecule has 0 bridgehead atoms. The number of carbonyl (C=O) groups is 8. The van der Waals surface area contributed by atoms with Crippen molar-refractivity contribution in [3.05, 3.63) is 172 Å². The number of nitrogens with one attached hydrogen (secondary N) is 2. The van der Waals surface area contributed by atoms with Crippen LogP contribution in [0, 0.1) is 20.2 Å². The van der Waals surface area contributed by atoms with E-state index in [4.69, 9.17) is 28.2 Å². The number of hydroxylamine groups is 2. The lowest BCUT2D eigenvalue weighted by molar-refractivity contribution is -0.386. The maximum atomic E-state index is 14.1. The zero-order chi connectivity index (χ0) is 60.7. The van der Waals surface area contributed by atoms with Gasteiger partial charge in [0.05, 0.1) is 43.6 Å². The monoisotopic (exact) mass is 1190 g/mol. The standard InChI is InChI=1S/C52H47N7O22S2/c1-51(2)39-24-33(55(3)49(66)78-26-31-21-28(6-13-41(31)58(68)69)45(62)53-17-19-82(72,73)74)8-11-36(39)52(38-23-30(5-10-35(38)48(65)80-52)47(64)81-57-43(60)15-16-44(57)61)37-12-9-34(25-40(37)51)56(4)50(67)79-27-32-22-29(7-14-42(32)59(70)71)46(63)54-18-20-83(75,76)77/h5-14,21-25H,15-20,26-27H2,1-4H3,(H,53,62)(H,54,63)(H,72,73,74)(H,75,76,77). The lowest BCUT2D eigenvalue weighted by Gasteiger charge is -2.45. The van der Waals surface area contributed by atoms with Crippen LogP contribution in [0.15, 0.2) is 91.0 Å². The van der Waals surface area contributed by atoms with Crippen LogP contribution in [-0.2, 0) is 73.1 Å². The molecule has 1 aliphatic carbocycles. The van der Waals surface area contributed by atoms with Crippen molar-refractivity contribution in [1.82, 2.24) is 15.7 Å². The zero-order valence-corrected chi connectivity index (χ0v) is 45.6. The van der Waals surface area contributed by atoms with Crippen molar-refractivity contribution in [1.29, 1.82) is 0 Å². The molecule has 5 aromatic rings. The SMILES string of the molecule is CN(C(=O)OCc1cc(C(=O)NCCS(=O)(=O)O)ccc1[N+](=O)[O-])c1ccc2c(c1)C(C)(C)c1cc(N(C)C(=O)OCc3cc(C(=O)NCCS(=O)(=O)O)ccc3[N+](=O)[O-])ccc1C21OC(=O)c2ccc(C(=O)ON3C(=O)CCC3=O)cc21. The minimum Gasteiger partial charge on any atom is -0.444 e. The van der Waals surface area contributed by atoms with Crippen LogP contribution in [0.3, 0.4) is 0 Å². The number of nitrogens with zero attached hydrogens (tertiary/aromatic N) is 5. The molecule has 5 aromatic carbocycles. The van der Waals surface area contributed by atoms with E-state index in [1.54, 1.807) is 26.0 Å². The topological polar surface area (TPSA) is 402 Å². The van der Waals surface area contributed by atoms with E-state index in [0.717, 1.165) is 46.2 Å². The molecule has 1 spiro atoms. The van der Waals surface area contributed by atoms with Gasteiger partial charge in [-0.25, -0.2) is 19.2 Å². The van der Waals surface area contributed by atoms with Crippen LogP contribution in [0.5, 0.6) is 0 Å². The first-order valence-electron chi connectivity index (χ1n) is 24.5. The molecule has 434 valence electrons. The van der Waals surface area contributed by atoms with E-state index in [2.05, 4.69) is 10.6 Å². The number of imide groups is 1. The number of carbonyl (C=O) groups excluding carboxylic acids is 8. The van der Waals surface area contributed by atoms with Gasteiger partial charge < -0.3 is 29.7 Å². The Bertz CT molecular complexity index is 3680. The number of fused-ring (bicyclic) bond motifs is 6. The number of anilines is 2. The molecule has 0 radical (unpaired) electrons. The molecule has 83 heavy (non-hydrogen) atoms. The number of nitro benzene ring substituents is 2. The second kappa shape index (κ2) is 22.7. The van der Waals surface area contributed by atoms with Crippen molar-refractivity contribution >= 4 is 90.7 Å². The van der Waals surface area contributed by atoms with E-state index in [-0.39, 0.29) is 63.2 Å². The predicted molar refractivity (Wildman–Crippen MR) is 284 cm³/mol. The highest BCUT2D eigenvalue weighted by Crippen LogP contribution is 2.58. The van der Waals surface area contributed by atoms with Gasteiger partial charge in [0.1, 0.15) is 13.2 Å². The summed E-state index contributed by atoms with van der Waals surface area (Å²) in [6, 6.07) is 19.2. The Morgan fingerprint density at radius 2 is 1.06 bits per heavy atom. The maximum Gasteiger partial charge on any atom is 0.414 e. The molecule has 8 rings (SSSR count). The predicted octanol–water partition coefficient (Wildman–Crippen LogP) is 4.61. The molecule has 0 unspecified atom stereocenters. The third-order valence-corrected chi connectivity index (χ3v) is 15.2. The summed E-state index contributed by atoms with van der Waals surface area (Å²) in [7, 11) is -6.25. The van der Waals surface area contributed by atoms with E-state index in [0.29, 0.717) is 27.3 Å². The zero-order valence-electron chi connectivity index (χ0n) is 43.9. The lowest BCUT2D eigenvalue weighted by atomic mass is 9.61. The summed E-state index contributed by atoms with van der Waals surface area (Å²) >= 11 is 0. The van der Waals surface area contributed by atoms with E-state index in [1.165, 1.54) is 56.6 Å². The molecular weight excluding hydrogens is 1140 g/mol. The van der Waals surface area contributed by atoms with Gasteiger partial charge in [-0.2, -0.15) is 16.8 Å². The van der Waals surface area contributed by atoms with Crippen LogP contribution < -0.4 is 20.4 Å². The molecule has 4 N–H and O–H groups in total. The summed E-state index contributed by atoms with van der Waals surface area (Å²) in [5, 5.41) is 28.9. The van der Waals surface area contributed by atoms with Gasteiger partial charge in [-0.15, -0.1) is 5.06 Å². The number of esters is 1. The number of benzene rings is 5. The first kappa shape index (κ1) is 59.4. The molecule has 2 heterocycles. The highest BCUT2D eigenvalue weighted by atomic mass is 32.2. The summed E-state index contributed by atoms with van der Waals surface area (Å²) in [5.74, 6) is -6.86. The first-order valence-corrected chi connectivity index (χ1v) is 27.7. The number of rotatable bonds is 18. The highest BCUT2D eigenvalue weighted by Gasteiger charge is 2.56. The molecule has 1 fully saturated rings. The molecule has 31 heteroatoms. The molecular formula is C52H47N7O22S2. The Hall–Kier alpha value is -9.72. The van der Waals surface area contributed by atoms with Gasteiger partial charge in [-0.1, -0.05) is 26.0 Å². The molecule has 0 aromatic heterocycles. The van der Waals surface area contributed by atoms with Gasteiger partial charge in [0.15, 0.2) is 5.60 Å². The summed E-state index contributed by atoms with van der Waals surface area (Å²) in [6.07, 6.45) is -2.53. The molecule has 1 saturated heterocycles. The first-order chi connectivity index (χ1) is 38.9. The van der Waals surface area contributed by atoms with Gasteiger partial charge in [0.25, 0.3) is 55.2 Å². The summed E-state index contributed by atoms with van der Waals surface area (Å²) < 4.78 is 80.1. The van der Waals surface area contributed by atoms with E-state index < -0.39 is 138 Å². The number of hydrogen-bond donors (Lipinski definition) is 4. The van der Waals surface area contributed by atoms with Crippen LogP contribution in [0.1, 0.15) is 107 Å². The van der Waals surface area contributed by atoms with E-state index in [9.17, 15) is 75.4 Å². The fraction of sp³-hybridized carbons (Fsp3) is 0.269. The third-order valence-electron chi connectivity index (χ3n) is 13.8. The van der Waals surface area contributed by atoms with Gasteiger partial charge >= 0.3 is 24.1 Å². The third kappa shape index (κ3) is 12.2. The van der Waals surface area contributed by atoms with Crippen molar-refractivity contribution in [2.24, 2.45) is 0 Å². The highest BCUT2D eigenvalue weighted by molar-refractivity contribution is 7.86. The average Bonchev–Trinajstić information content (AvgIpc) is 1.72. The van der Waals surface area contributed by atoms with Gasteiger partial charge in [0.2, 0.25) is 0 Å². The van der Waals surface area contributed by atoms with Crippen LogP contribution in [0.25, 0.3) is 0 Å². The van der Waals surface area contributed by atoms with Crippen LogP contribution in [0.2, 0.25) is 0 Å². The number of amides is 6. The number of hydrogen-bond acceptors (Lipinski definition) is 20. The fourth-order valence-electron chi connectivity index (χ4n) is 9.52. The smallest absolute Gasteiger partial charge is 0.414 e. The Morgan fingerprint density at radius 1 is 0.627 bits per heavy atom. The number of ether oxygens (including phenoxy) is 3. The van der Waals surface area contributed by atoms with Crippen LogP contribution in [-0.4, -0.2) is 127 Å². The molecule has 3 aliphatic rings. The Morgan fingerprint density at radius 3 is 1.48 bits per heavy atom. The average molecular weight is 1190 g/mol. The van der Waals surface area contributed by atoms with Gasteiger partial charge in [-0.3, -0.25) is 58.3 Å². The Balaban J connectivity index is 1.14. The normalized spacial score (nSPS) is 14.6. The molecule has 2 aliphatic heterocycles. The van der Waals surface area contributed by atoms with Gasteiger partial charge in [-0.05, 0) is 77.9 Å². The minimum atomic E-state index is -4.43. The largest absolute Gasteiger partial charge is 0.444 e. The summed E-state index contributed by atoms with van der Waals surface area (Å²) in [6.45, 7) is 1.02.